The second-order valence-corrected chi connectivity index (χ2v) is 15.9. The number of rotatable bonds is 7. The fraction of sp³-hybridized carbons (Fsp3) is 0.222. The standard InChI is InChI=1S/C45H35Cl2N3O7/c1-23(51)24-7-13-28(14-8-24)49-41(53)32-19-18-31-34(38(32)43(49)55)22-35-42(54)50(48-37-20-12-27(46)21-36(37)47)44(56)45(35,26-10-15-29(57-2)16-11-26)39(31)33-17-9-25-5-3-4-6-30(25)40(33)52/h3-18,20-21,32,34-35,38-39,48,52H,19,22H2,1-2H3/t32-,34+,35-,38-,39+,45+/m0/s1. The number of methoxy groups -OCH3 is 1. The summed E-state index contributed by atoms with van der Waals surface area (Å²) in [6.07, 6.45) is 2.18. The van der Waals surface area contributed by atoms with Crippen LogP contribution >= 0.6 is 23.2 Å². The minimum atomic E-state index is -1.64. The Balaban J connectivity index is 1.25. The number of hydrazine groups is 1. The van der Waals surface area contributed by atoms with Gasteiger partial charge in [-0.1, -0.05) is 83.4 Å². The largest absolute Gasteiger partial charge is 0.507 e. The molecule has 5 aromatic rings. The summed E-state index contributed by atoms with van der Waals surface area (Å²) in [5.74, 6) is -5.87. The molecule has 0 aromatic heterocycles. The van der Waals surface area contributed by atoms with Crippen LogP contribution in [0.15, 0.2) is 115 Å². The number of benzene rings is 5. The Labute approximate surface area is 337 Å². The van der Waals surface area contributed by atoms with Crippen LogP contribution in [0.5, 0.6) is 11.5 Å². The van der Waals surface area contributed by atoms with E-state index in [0.717, 1.165) is 10.4 Å². The molecule has 0 spiro atoms. The van der Waals surface area contributed by atoms with Crippen molar-refractivity contribution >= 4 is 74.8 Å². The van der Waals surface area contributed by atoms with Gasteiger partial charge >= 0.3 is 0 Å². The molecule has 2 saturated heterocycles. The van der Waals surface area contributed by atoms with E-state index in [-0.39, 0.29) is 41.0 Å². The average molecular weight is 801 g/mol. The van der Waals surface area contributed by atoms with Gasteiger partial charge in [-0.2, -0.15) is 5.01 Å². The molecule has 0 bridgehead atoms. The molecule has 12 heteroatoms. The number of allylic oxidation sites excluding steroid dienone is 2. The summed E-state index contributed by atoms with van der Waals surface area (Å²) < 4.78 is 5.49. The molecule has 6 atom stereocenters. The zero-order valence-corrected chi connectivity index (χ0v) is 32.3. The number of phenolic OH excluding ortho intramolecular Hbond substituents is 1. The van der Waals surface area contributed by atoms with Gasteiger partial charge in [-0.25, -0.2) is 0 Å². The number of halogens is 2. The number of ether oxygens (including phenoxy) is 1. The summed E-state index contributed by atoms with van der Waals surface area (Å²) in [5, 5.41) is 15.1. The molecule has 4 amide bonds. The van der Waals surface area contributed by atoms with Crippen LogP contribution in [0.3, 0.4) is 0 Å². The number of ketones is 1. The normalized spacial score (nSPS) is 25.3. The maximum atomic E-state index is 15.6. The summed E-state index contributed by atoms with van der Waals surface area (Å²) in [6.45, 7) is 1.44. The molecule has 2 N–H and O–H groups in total. The summed E-state index contributed by atoms with van der Waals surface area (Å²) in [4.78, 5) is 72.7. The fourth-order valence-corrected chi connectivity index (χ4v) is 10.2. The summed E-state index contributed by atoms with van der Waals surface area (Å²) >= 11 is 12.8. The first-order chi connectivity index (χ1) is 27.4. The van der Waals surface area contributed by atoms with E-state index in [9.17, 15) is 19.5 Å². The number of anilines is 2. The molecule has 2 aliphatic carbocycles. The molecule has 286 valence electrons. The lowest BCUT2D eigenvalue weighted by Crippen LogP contribution is -2.53. The van der Waals surface area contributed by atoms with E-state index in [1.165, 1.54) is 25.0 Å². The number of imide groups is 2. The van der Waals surface area contributed by atoms with Crippen LogP contribution in [0.4, 0.5) is 11.4 Å². The topological polar surface area (TPSA) is 133 Å². The van der Waals surface area contributed by atoms with Crippen LogP contribution in [0.25, 0.3) is 10.8 Å². The molecule has 0 radical (unpaired) electrons. The van der Waals surface area contributed by atoms with Crippen LogP contribution in [0.2, 0.25) is 10.0 Å². The number of nitrogens with one attached hydrogen (secondary N) is 1. The Morgan fingerprint density at radius 3 is 2.30 bits per heavy atom. The van der Waals surface area contributed by atoms with E-state index in [2.05, 4.69) is 5.43 Å². The van der Waals surface area contributed by atoms with Gasteiger partial charge < -0.3 is 9.84 Å². The van der Waals surface area contributed by atoms with Crippen molar-refractivity contribution in [3.63, 3.8) is 0 Å². The van der Waals surface area contributed by atoms with Crippen molar-refractivity contribution in [1.29, 1.82) is 0 Å². The van der Waals surface area contributed by atoms with Crippen LogP contribution in [-0.4, -0.2) is 46.6 Å². The second kappa shape index (κ2) is 13.6. The quantitative estimate of drug-likeness (QED) is 0.0956. The van der Waals surface area contributed by atoms with Crippen LogP contribution in [0, 0.1) is 23.7 Å². The number of Topliss-reactive ketones (excluding diaryl/α,β-unsaturated/α-hetero) is 1. The molecule has 5 aromatic carbocycles. The van der Waals surface area contributed by atoms with Crippen molar-refractivity contribution < 1.29 is 33.8 Å². The van der Waals surface area contributed by atoms with Gasteiger partial charge in [-0.3, -0.25) is 34.3 Å². The van der Waals surface area contributed by atoms with Gasteiger partial charge in [0.1, 0.15) is 11.5 Å². The van der Waals surface area contributed by atoms with Crippen molar-refractivity contribution in [3.8, 4) is 11.5 Å². The number of carbonyl (C=O) groups excluding carboxylic acids is 5. The molecule has 4 aliphatic rings. The third-order valence-electron chi connectivity index (χ3n) is 12.4. The predicted octanol–water partition coefficient (Wildman–Crippen LogP) is 8.25. The molecule has 10 nitrogen and oxygen atoms in total. The zero-order chi connectivity index (χ0) is 39.9. The van der Waals surface area contributed by atoms with E-state index < -0.39 is 52.7 Å². The first-order valence-electron chi connectivity index (χ1n) is 18.6. The molecule has 57 heavy (non-hydrogen) atoms. The van der Waals surface area contributed by atoms with Gasteiger partial charge in [-0.15, -0.1) is 0 Å². The molecule has 9 rings (SSSR count). The lowest BCUT2D eigenvalue weighted by Gasteiger charge is -2.50. The van der Waals surface area contributed by atoms with Gasteiger partial charge in [0, 0.05) is 27.5 Å². The molecule has 0 unspecified atom stereocenters. The van der Waals surface area contributed by atoms with Crippen molar-refractivity contribution in [2.75, 3.05) is 17.4 Å². The first kappa shape index (κ1) is 36.7. The number of fused-ring (bicyclic) bond motifs is 5. The molecule has 3 fully saturated rings. The molecule has 2 heterocycles. The van der Waals surface area contributed by atoms with Gasteiger partial charge in [0.15, 0.2) is 5.78 Å². The number of phenols is 1. The Morgan fingerprint density at radius 2 is 1.60 bits per heavy atom. The SMILES string of the molecule is COc1ccc([C@@]23C(=O)N(Nc4ccc(Cl)cc4Cl)C(=O)[C@@H]2C[C@@H]2C(=CC[C@@H]4C(=O)N(c5ccc(C(C)=O)cc5)C(=O)[C@@H]42)[C@@H]3c2ccc3ccccc3c2O)cc1. The van der Waals surface area contributed by atoms with Crippen molar-refractivity contribution in [1.82, 2.24) is 5.01 Å². The third kappa shape index (κ3) is 5.41. The number of hydrogen-bond acceptors (Lipinski definition) is 8. The maximum absolute atomic E-state index is 15.6. The van der Waals surface area contributed by atoms with E-state index in [0.29, 0.717) is 44.1 Å². The Morgan fingerprint density at radius 1 is 0.860 bits per heavy atom. The second-order valence-electron chi connectivity index (χ2n) is 15.1. The highest BCUT2D eigenvalue weighted by atomic mass is 35.5. The maximum Gasteiger partial charge on any atom is 0.260 e. The third-order valence-corrected chi connectivity index (χ3v) is 12.9. The Bertz CT molecular complexity index is 2590. The number of aromatic hydroxyl groups is 1. The van der Waals surface area contributed by atoms with E-state index in [1.807, 2.05) is 30.3 Å². The minimum Gasteiger partial charge on any atom is -0.507 e. The number of nitrogens with zero attached hydrogens (tertiary/aromatic N) is 2. The van der Waals surface area contributed by atoms with E-state index in [4.69, 9.17) is 27.9 Å². The van der Waals surface area contributed by atoms with Gasteiger partial charge in [-0.05, 0) is 91.2 Å². The monoisotopic (exact) mass is 799 g/mol. The number of carbonyl (C=O) groups is 5. The summed E-state index contributed by atoms with van der Waals surface area (Å²) in [5.41, 5.74) is 4.03. The van der Waals surface area contributed by atoms with Crippen molar-refractivity contribution in [3.05, 3.63) is 142 Å². The Hall–Kier alpha value is -5.97. The summed E-state index contributed by atoms with van der Waals surface area (Å²) in [7, 11) is 1.53. The predicted molar refractivity (Wildman–Crippen MR) is 215 cm³/mol. The molecule has 2 aliphatic heterocycles. The molecule has 1 saturated carbocycles. The van der Waals surface area contributed by atoms with Crippen molar-refractivity contribution in [2.24, 2.45) is 23.7 Å². The van der Waals surface area contributed by atoms with Crippen LogP contribution in [-0.2, 0) is 24.6 Å². The van der Waals surface area contributed by atoms with Gasteiger partial charge in [0.2, 0.25) is 11.8 Å². The van der Waals surface area contributed by atoms with E-state index >= 15 is 9.59 Å². The highest BCUT2D eigenvalue weighted by Gasteiger charge is 2.70. The zero-order valence-electron chi connectivity index (χ0n) is 30.7. The van der Waals surface area contributed by atoms with E-state index in [1.54, 1.807) is 72.8 Å². The lowest BCUT2D eigenvalue weighted by atomic mass is 9.49. The highest BCUT2D eigenvalue weighted by molar-refractivity contribution is 6.36. The highest BCUT2D eigenvalue weighted by Crippen LogP contribution is 2.65. The molecular weight excluding hydrogens is 765 g/mol. The fourth-order valence-electron chi connectivity index (χ4n) is 9.79. The number of amides is 4. The van der Waals surface area contributed by atoms with Crippen LogP contribution in [0.1, 0.15) is 47.2 Å². The van der Waals surface area contributed by atoms with Crippen molar-refractivity contribution in [2.45, 2.75) is 31.1 Å². The average Bonchev–Trinajstić information content (AvgIpc) is 3.59. The first-order valence-corrected chi connectivity index (χ1v) is 19.3. The van der Waals surface area contributed by atoms with Gasteiger partial charge in [0.05, 0.1) is 46.7 Å². The number of hydrogen-bond donors (Lipinski definition) is 2. The lowest BCUT2D eigenvalue weighted by molar-refractivity contribution is -0.138. The summed E-state index contributed by atoms with van der Waals surface area (Å²) in [6, 6.07) is 29.0. The molecular formula is C45H35Cl2N3O7. The van der Waals surface area contributed by atoms with Crippen LogP contribution < -0.4 is 15.1 Å². The minimum absolute atomic E-state index is 0.0527. The smallest absolute Gasteiger partial charge is 0.260 e. The Kier molecular flexibility index (Phi) is 8.75. The van der Waals surface area contributed by atoms with Gasteiger partial charge in [0.25, 0.3) is 11.8 Å².